The van der Waals surface area contributed by atoms with Crippen LogP contribution in [-0.4, -0.2) is 59.4 Å². The van der Waals surface area contributed by atoms with E-state index in [1.165, 1.54) is 10.8 Å². The molecule has 0 amide bonds. The molecule has 0 spiro atoms. The molecule has 4 heterocycles. The molecule has 180 valence electrons. The minimum absolute atomic E-state index is 0.0638. The maximum atomic E-state index is 13.9. The van der Waals surface area contributed by atoms with Gasteiger partial charge >= 0.3 is 0 Å². The zero-order valence-electron chi connectivity index (χ0n) is 18.6. The number of anilines is 4. The third kappa shape index (κ3) is 4.21. The Balaban J connectivity index is 1.52. The summed E-state index contributed by atoms with van der Waals surface area (Å²) in [6.45, 7) is 2.38. The van der Waals surface area contributed by atoms with Crippen molar-refractivity contribution in [2.24, 2.45) is 7.05 Å². The highest BCUT2D eigenvalue weighted by molar-refractivity contribution is 6.32. The molecule has 0 saturated carbocycles. The average Bonchev–Trinajstić information content (AvgIpc) is 2.97. The second-order valence-corrected chi connectivity index (χ2v) is 8.82. The molecule has 2 N–H and O–H groups in total. The number of ether oxygens (including phenoxy) is 2. The monoisotopic (exact) mass is 492 g/mol. The first-order chi connectivity index (χ1) is 16.2. The van der Waals surface area contributed by atoms with Crippen molar-refractivity contribution in [2.75, 3.05) is 48.4 Å². The predicted molar refractivity (Wildman–Crippen MR) is 126 cm³/mol. The maximum Gasteiger partial charge on any atom is 0.298 e. The van der Waals surface area contributed by atoms with Gasteiger partial charge in [-0.2, -0.15) is 4.98 Å². The van der Waals surface area contributed by atoms with Crippen LogP contribution >= 0.6 is 11.6 Å². The number of alkyl halides is 2. The molecule has 1 aromatic carbocycles. The Bertz CT molecular complexity index is 1320. The van der Waals surface area contributed by atoms with Gasteiger partial charge in [0.2, 0.25) is 11.7 Å². The number of rotatable bonds is 3. The molecule has 3 aromatic rings. The number of morpholine rings is 1. The van der Waals surface area contributed by atoms with Crippen molar-refractivity contribution in [3.63, 3.8) is 0 Å². The second kappa shape index (κ2) is 8.55. The molecule has 1 fully saturated rings. The molecule has 34 heavy (non-hydrogen) atoms. The summed E-state index contributed by atoms with van der Waals surface area (Å²) in [6, 6.07) is 5.22. The molecule has 9 nitrogen and oxygen atoms in total. The fourth-order valence-electron chi connectivity index (χ4n) is 4.09. The van der Waals surface area contributed by atoms with Gasteiger partial charge in [0.25, 0.3) is 11.5 Å². The van der Waals surface area contributed by atoms with Gasteiger partial charge < -0.3 is 29.6 Å². The van der Waals surface area contributed by atoms with Crippen molar-refractivity contribution in [2.45, 2.75) is 19.0 Å². The van der Waals surface area contributed by atoms with Gasteiger partial charge in [-0.1, -0.05) is 11.6 Å². The molecule has 1 atom stereocenters. The number of nitrogens with zero attached hydrogens (tertiary/aromatic N) is 4. The molecule has 0 aliphatic carbocycles. The molecule has 2 aromatic heterocycles. The number of benzene rings is 1. The van der Waals surface area contributed by atoms with E-state index < -0.39 is 24.6 Å². The van der Waals surface area contributed by atoms with Crippen LogP contribution in [-0.2, 0) is 11.8 Å². The van der Waals surface area contributed by atoms with Crippen LogP contribution in [0, 0.1) is 0 Å². The minimum atomic E-state index is -3.10. The van der Waals surface area contributed by atoms with Crippen LogP contribution in [0.25, 0.3) is 10.9 Å². The number of fused-ring (bicyclic) bond motifs is 3. The quantitative estimate of drug-likeness (QED) is 0.574. The van der Waals surface area contributed by atoms with Crippen molar-refractivity contribution in [3.05, 3.63) is 39.8 Å². The molecule has 5 rings (SSSR count). The van der Waals surface area contributed by atoms with Gasteiger partial charge in [-0.25, -0.2) is 13.8 Å². The van der Waals surface area contributed by atoms with E-state index in [1.807, 2.05) is 11.8 Å². The molecular formula is C22H23ClF2N6O3. The number of halogens is 3. The predicted octanol–water partition coefficient (Wildman–Crippen LogP) is 3.39. The molecule has 2 aliphatic heterocycles. The van der Waals surface area contributed by atoms with Crippen LogP contribution in [0.2, 0.25) is 5.02 Å². The Hall–Kier alpha value is -3.18. The third-order valence-electron chi connectivity index (χ3n) is 5.82. The van der Waals surface area contributed by atoms with Crippen molar-refractivity contribution in [3.8, 4) is 5.75 Å². The number of aryl methyl sites for hydroxylation is 1. The molecule has 1 saturated heterocycles. The molecule has 12 heteroatoms. The molecule has 2 aliphatic rings. The summed E-state index contributed by atoms with van der Waals surface area (Å²) in [7, 11) is 1.57. The Morgan fingerprint density at radius 1 is 1.35 bits per heavy atom. The highest BCUT2D eigenvalue weighted by Crippen LogP contribution is 2.36. The van der Waals surface area contributed by atoms with Crippen LogP contribution in [0.1, 0.15) is 6.92 Å². The lowest BCUT2D eigenvalue weighted by Gasteiger charge is -2.31. The molecular weight excluding hydrogens is 470 g/mol. The van der Waals surface area contributed by atoms with E-state index >= 15 is 0 Å². The Labute approximate surface area is 198 Å². The summed E-state index contributed by atoms with van der Waals surface area (Å²) in [5.74, 6) is -2.31. The normalized spacial score (nSPS) is 19.7. The number of hydrogen-bond acceptors (Lipinski definition) is 8. The average molecular weight is 493 g/mol. The minimum Gasteiger partial charge on any atom is -0.480 e. The van der Waals surface area contributed by atoms with Crippen LogP contribution in [0.15, 0.2) is 29.2 Å². The number of pyridine rings is 1. The first-order valence-corrected chi connectivity index (χ1v) is 11.2. The Morgan fingerprint density at radius 2 is 2.18 bits per heavy atom. The largest absolute Gasteiger partial charge is 0.480 e. The highest BCUT2D eigenvalue weighted by atomic mass is 35.5. The van der Waals surface area contributed by atoms with Gasteiger partial charge in [-0.3, -0.25) is 4.79 Å². The third-order valence-corrected chi connectivity index (χ3v) is 6.10. The molecule has 0 bridgehead atoms. The van der Waals surface area contributed by atoms with E-state index in [4.69, 9.17) is 21.1 Å². The van der Waals surface area contributed by atoms with Crippen LogP contribution in [0.3, 0.4) is 0 Å². The smallest absolute Gasteiger partial charge is 0.298 e. The first kappa shape index (κ1) is 22.6. The fourth-order valence-corrected chi connectivity index (χ4v) is 4.23. The summed E-state index contributed by atoms with van der Waals surface area (Å²) >= 11 is 6.35. The van der Waals surface area contributed by atoms with Gasteiger partial charge in [-0.15, -0.1) is 0 Å². The van der Waals surface area contributed by atoms with Crippen LogP contribution < -0.4 is 25.8 Å². The van der Waals surface area contributed by atoms with Gasteiger partial charge in [0.05, 0.1) is 36.7 Å². The standard InChI is InChI=1S/C22H23ClF2N6O3/c1-12-9-31(5-6-33-12)21-26-8-15(23)19(29-21)28-13-3-4-16-14(7-13)17-18(20(32)30(16)2)34-11-22(24,25)10-27-17/h3-4,7-8,12,27H,5-6,9-11H2,1-2H3,(H,26,28,29). The van der Waals surface area contributed by atoms with Crippen molar-refractivity contribution < 1.29 is 18.3 Å². The van der Waals surface area contributed by atoms with Gasteiger partial charge in [0.15, 0.2) is 12.4 Å². The maximum absolute atomic E-state index is 13.9. The van der Waals surface area contributed by atoms with Crippen molar-refractivity contribution in [1.29, 1.82) is 0 Å². The number of hydrogen-bond donors (Lipinski definition) is 2. The van der Waals surface area contributed by atoms with E-state index in [0.717, 1.165) is 0 Å². The van der Waals surface area contributed by atoms with E-state index in [1.54, 1.807) is 25.2 Å². The van der Waals surface area contributed by atoms with Crippen molar-refractivity contribution >= 4 is 45.6 Å². The first-order valence-electron chi connectivity index (χ1n) is 10.8. The molecule has 0 radical (unpaired) electrons. The summed E-state index contributed by atoms with van der Waals surface area (Å²) in [6.07, 6.45) is 1.59. The van der Waals surface area contributed by atoms with E-state index in [0.29, 0.717) is 53.1 Å². The van der Waals surface area contributed by atoms with Crippen molar-refractivity contribution in [1.82, 2.24) is 14.5 Å². The second-order valence-electron chi connectivity index (χ2n) is 8.42. The molecule has 1 unspecified atom stereocenters. The van der Waals surface area contributed by atoms with Gasteiger partial charge in [-0.05, 0) is 25.1 Å². The zero-order chi connectivity index (χ0) is 24.0. The number of nitrogens with one attached hydrogen (secondary N) is 2. The Morgan fingerprint density at radius 3 is 2.97 bits per heavy atom. The summed E-state index contributed by atoms with van der Waals surface area (Å²) in [5, 5.41) is 6.75. The lowest BCUT2D eigenvalue weighted by atomic mass is 10.1. The van der Waals surface area contributed by atoms with Crippen LogP contribution in [0.4, 0.5) is 31.9 Å². The SMILES string of the molecule is CC1CN(c2ncc(Cl)c(Nc3ccc4c(c3)c3c(c(=O)n4C)OCC(F)(F)CN3)n2)CCO1. The highest BCUT2D eigenvalue weighted by Gasteiger charge is 2.35. The fraction of sp³-hybridized carbons (Fsp3) is 0.409. The summed E-state index contributed by atoms with van der Waals surface area (Å²) < 4.78 is 40.1. The zero-order valence-corrected chi connectivity index (χ0v) is 19.3. The summed E-state index contributed by atoms with van der Waals surface area (Å²) in [4.78, 5) is 23.7. The summed E-state index contributed by atoms with van der Waals surface area (Å²) in [5.41, 5.74) is 0.910. The lowest BCUT2D eigenvalue weighted by Crippen LogP contribution is -2.42. The van der Waals surface area contributed by atoms with E-state index in [2.05, 4.69) is 20.6 Å². The Kier molecular flexibility index (Phi) is 5.68. The lowest BCUT2D eigenvalue weighted by molar-refractivity contribution is -0.0251. The number of aromatic nitrogens is 3. The van der Waals surface area contributed by atoms with Gasteiger partial charge in [0.1, 0.15) is 5.02 Å². The van der Waals surface area contributed by atoms with Gasteiger partial charge in [0, 0.05) is 31.2 Å². The van der Waals surface area contributed by atoms with E-state index in [9.17, 15) is 13.6 Å². The van der Waals surface area contributed by atoms with E-state index in [-0.39, 0.29) is 17.5 Å². The van der Waals surface area contributed by atoms with Crippen LogP contribution in [0.5, 0.6) is 5.75 Å². The topological polar surface area (TPSA) is 93.5 Å².